The molecule has 1 heterocycles. The second-order valence-electron chi connectivity index (χ2n) is 3.57. The first-order chi connectivity index (χ1) is 9.00. The SMILES string of the molecule is FC(F)C(F)(F)Oc1cncnc1-c1ccccc1. The standard InChI is InChI=1S/C12H8F4N2O/c13-11(14)12(15,16)19-9-6-17-7-18-10(9)8-4-2-1-3-5-8/h1-7,11H. The summed E-state index contributed by atoms with van der Waals surface area (Å²) >= 11 is 0. The van der Waals surface area contributed by atoms with Crippen molar-refractivity contribution in [1.82, 2.24) is 9.97 Å². The molecule has 3 nitrogen and oxygen atoms in total. The smallest absolute Gasteiger partial charge is 0.424 e. The Labute approximate surface area is 105 Å². The zero-order valence-electron chi connectivity index (χ0n) is 9.43. The zero-order chi connectivity index (χ0) is 13.9. The van der Waals surface area contributed by atoms with Crippen LogP contribution in [0.2, 0.25) is 0 Å². The van der Waals surface area contributed by atoms with Crippen LogP contribution in [0.3, 0.4) is 0 Å². The van der Waals surface area contributed by atoms with Crippen molar-refractivity contribution in [2.45, 2.75) is 12.5 Å². The van der Waals surface area contributed by atoms with Crippen LogP contribution in [0.1, 0.15) is 0 Å². The Bertz CT molecular complexity index is 548. The second-order valence-corrected chi connectivity index (χ2v) is 3.57. The number of aromatic nitrogens is 2. The maximum Gasteiger partial charge on any atom is 0.461 e. The van der Waals surface area contributed by atoms with Crippen LogP contribution in [0.4, 0.5) is 17.6 Å². The lowest BCUT2D eigenvalue weighted by molar-refractivity contribution is -0.253. The van der Waals surface area contributed by atoms with Gasteiger partial charge in [-0.1, -0.05) is 30.3 Å². The number of alkyl halides is 4. The third-order valence-electron chi connectivity index (χ3n) is 2.23. The summed E-state index contributed by atoms with van der Waals surface area (Å²) in [7, 11) is 0. The molecule has 100 valence electrons. The summed E-state index contributed by atoms with van der Waals surface area (Å²) in [4.78, 5) is 7.28. The molecule has 0 saturated carbocycles. The summed E-state index contributed by atoms with van der Waals surface area (Å²) in [6.07, 6.45) is -6.48. The van der Waals surface area contributed by atoms with Crippen molar-refractivity contribution < 1.29 is 22.3 Å². The molecule has 0 amide bonds. The molecule has 0 unspecified atom stereocenters. The summed E-state index contributed by atoms with van der Waals surface area (Å²) in [6, 6.07) is 8.23. The van der Waals surface area contributed by atoms with Gasteiger partial charge in [0.15, 0.2) is 5.75 Å². The van der Waals surface area contributed by atoms with Gasteiger partial charge in [0.1, 0.15) is 12.0 Å². The van der Waals surface area contributed by atoms with Crippen LogP contribution >= 0.6 is 0 Å². The van der Waals surface area contributed by atoms with Gasteiger partial charge in [0.2, 0.25) is 0 Å². The van der Waals surface area contributed by atoms with E-state index < -0.39 is 18.3 Å². The third kappa shape index (κ3) is 2.98. The van der Waals surface area contributed by atoms with Gasteiger partial charge in [-0.2, -0.15) is 17.6 Å². The molecule has 2 aromatic rings. The quantitative estimate of drug-likeness (QED) is 0.800. The molecule has 0 radical (unpaired) electrons. The van der Waals surface area contributed by atoms with Crippen LogP contribution in [-0.4, -0.2) is 22.5 Å². The largest absolute Gasteiger partial charge is 0.461 e. The molecule has 0 bridgehead atoms. The van der Waals surface area contributed by atoms with E-state index in [0.717, 1.165) is 12.5 Å². The van der Waals surface area contributed by atoms with Gasteiger partial charge in [0.25, 0.3) is 0 Å². The molecule has 0 N–H and O–H groups in total. The molecule has 0 spiro atoms. The highest BCUT2D eigenvalue weighted by atomic mass is 19.3. The number of nitrogens with zero attached hydrogens (tertiary/aromatic N) is 2. The minimum absolute atomic E-state index is 0.0240. The van der Waals surface area contributed by atoms with Crippen molar-refractivity contribution in [3.05, 3.63) is 42.9 Å². The normalized spacial score (nSPS) is 11.6. The highest BCUT2D eigenvalue weighted by molar-refractivity contribution is 5.65. The van der Waals surface area contributed by atoms with Crippen LogP contribution < -0.4 is 4.74 Å². The molecule has 7 heteroatoms. The summed E-state index contributed by atoms with van der Waals surface area (Å²) < 4.78 is 54.1. The van der Waals surface area contributed by atoms with E-state index in [2.05, 4.69) is 14.7 Å². The average molecular weight is 272 g/mol. The topological polar surface area (TPSA) is 35.0 Å². The molecule has 0 aliphatic carbocycles. The fourth-order valence-electron chi connectivity index (χ4n) is 1.40. The predicted octanol–water partition coefficient (Wildman–Crippen LogP) is 3.38. The summed E-state index contributed by atoms with van der Waals surface area (Å²) in [6.45, 7) is 0. The minimum Gasteiger partial charge on any atom is -0.424 e. The monoisotopic (exact) mass is 272 g/mol. The first kappa shape index (κ1) is 13.3. The molecule has 0 fully saturated rings. The van der Waals surface area contributed by atoms with Gasteiger partial charge in [-0.15, -0.1) is 0 Å². The van der Waals surface area contributed by atoms with Crippen LogP contribution in [0.5, 0.6) is 5.75 Å². The van der Waals surface area contributed by atoms with E-state index in [4.69, 9.17) is 0 Å². The number of benzene rings is 1. The molecule has 0 saturated heterocycles. The summed E-state index contributed by atoms with van der Waals surface area (Å²) in [5, 5.41) is 0. The molecular weight excluding hydrogens is 264 g/mol. The third-order valence-corrected chi connectivity index (χ3v) is 2.23. The van der Waals surface area contributed by atoms with Gasteiger partial charge in [-0.3, -0.25) is 0 Å². The lowest BCUT2D eigenvalue weighted by Gasteiger charge is -2.18. The molecule has 1 aromatic heterocycles. The predicted molar refractivity (Wildman–Crippen MR) is 59.0 cm³/mol. The molecule has 19 heavy (non-hydrogen) atoms. The fraction of sp³-hybridized carbons (Fsp3) is 0.167. The van der Waals surface area contributed by atoms with E-state index in [1.54, 1.807) is 30.3 Å². The van der Waals surface area contributed by atoms with Crippen molar-refractivity contribution in [3.8, 4) is 17.0 Å². The highest BCUT2D eigenvalue weighted by Gasteiger charge is 2.44. The van der Waals surface area contributed by atoms with Crippen molar-refractivity contribution in [2.24, 2.45) is 0 Å². The molecule has 0 aliphatic rings. The van der Waals surface area contributed by atoms with Crippen LogP contribution in [-0.2, 0) is 0 Å². The molecule has 0 aliphatic heterocycles. The Morgan fingerprint density at radius 3 is 2.42 bits per heavy atom. The van der Waals surface area contributed by atoms with E-state index in [-0.39, 0.29) is 5.69 Å². The van der Waals surface area contributed by atoms with Crippen LogP contribution in [0, 0.1) is 0 Å². The van der Waals surface area contributed by atoms with Crippen molar-refractivity contribution in [1.29, 1.82) is 0 Å². The van der Waals surface area contributed by atoms with E-state index in [9.17, 15) is 17.6 Å². The van der Waals surface area contributed by atoms with E-state index in [1.165, 1.54) is 0 Å². The van der Waals surface area contributed by atoms with Gasteiger partial charge in [-0.25, -0.2) is 9.97 Å². The first-order valence-corrected chi connectivity index (χ1v) is 5.21. The van der Waals surface area contributed by atoms with E-state index in [1.807, 2.05) is 0 Å². The maximum absolute atomic E-state index is 12.9. The number of rotatable bonds is 4. The van der Waals surface area contributed by atoms with E-state index in [0.29, 0.717) is 5.56 Å². The van der Waals surface area contributed by atoms with Crippen LogP contribution in [0.15, 0.2) is 42.9 Å². The Morgan fingerprint density at radius 1 is 1.11 bits per heavy atom. The Hall–Kier alpha value is -2.18. The number of halogens is 4. The number of ether oxygens (including phenoxy) is 1. The van der Waals surface area contributed by atoms with Crippen molar-refractivity contribution in [3.63, 3.8) is 0 Å². The van der Waals surface area contributed by atoms with Gasteiger partial charge < -0.3 is 4.74 Å². The molecule has 0 atom stereocenters. The summed E-state index contributed by atoms with van der Waals surface area (Å²) in [5.41, 5.74) is 0.487. The first-order valence-electron chi connectivity index (χ1n) is 5.21. The fourth-order valence-corrected chi connectivity index (χ4v) is 1.40. The maximum atomic E-state index is 12.9. The van der Waals surface area contributed by atoms with E-state index >= 15 is 0 Å². The molecule has 1 aromatic carbocycles. The minimum atomic E-state index is -4.59. The Morgan fingerprint density at radius 2 is 1.79 bits per heavy atom. The van der Waals surface area contributed by atoms with Gasteiger partial charge in [0.05, 0.1) is 6.20 Å². The van der Waals surface area contributed by atoms with Crippen molar-refractivity contribution >= 4 is 0 Å². The molecule has 2 rings (SSSR count). The lowest BCUT2D eigenvalue weighted by Crippen LogP contribution is -2.33. The van der Waals surface area contributed by atoms with Gasteiger partial charge >= 0.3 is 12.5 Å². The number of hydrogen-bond donors (Lipinski definition) is 0. The van der Waals surface area contributed by atoms with Crippen molar-refractivity contribution in [2.75, 3.05) is 0 Å². The van der Waals surface area contributed by atoms with Crippen LogP contribution in [0.25, 0.3) is 11.3 Å². The highest BCUT2D eigenvalue weighted by Crippen LogP contribution is 2.32. The number of hydrogen-bond acceptors (Lipinski definition) is 3. The Kier molecular flexibility index (Phi) is 3.64. The lowest BCUT2D eigenvalue weighted by atomic mass is 10.1. The second kappa shape index (κ2) is 5.21. The van der Waals surface area contributed by atoms with Gasteiger partial charge in [0, 0.05) is 5.56 Å². The zero-order valence-corrected chi connectivity index (χ0v) is 9.43. The van der Waals surface area contributed by atoms with Gasteiger partial charge in [-0.05, 0) is 0 Å². The average Bonchev–Trinajstić information content (AvgIpc) is 2.40. The Balaban J connectivity index is 2.38. The summed E-state index contributed by atoms with van der Waals surface area (Å²) in [5.74, 6) is -0.501. The molecular formula is C12H8F4N2O.